The van der Waals surface area contributed by atoms with Crippen LogP contribution in [0.3, 0.4) is 0 Å². The molecular formula is C22H15F2NO2. The Morgan fingerprint density at radius 2 is 1.70 bits per heavy atom. The first-order valence-corrected chi connectivity index (χ1v) is 8.77. The molecule has 0 radical (unpaired) electrons. The van der Waals surface area contributed by atoms with Gasteiger partial charge in [-0.2, -0.15) is 0 Å². The van der Waals surface area contributed by atoms with Gasteiger partial charge in [-0.1, -0.05) is 18.2 Å². The number of halogens is 2. The molecule has 2 heterocycles. The Bertz CT molecular complexity index is 1110. The van der Waals surface area contributed by atoms with Crippen molar-refractivity contribution in [1.82, 2.24) is 5.32 Å². The van der Waals surface area contributed by atoms with Crippen molar-refractivity contribution >= 4 is 5.91 Å². The Morgan fingerprint density at radius 1 is 0.852 bits per heavy atom. The number of hydrogen-bond acceptors (Lipinski definition) is 2. The fraction of sp³-hybridized carbons (Fsp3) is 0.136. The fourth-order valence-corrected chi connectivity index (χ4v) is 3.85. The fourth-order valence-electron chi connectivity index (χ4n) is 3.85. The van der Waals surface area contributed by atoms with Crippen LogP contribution in [0.4, 0.5) is 8.78 Å². The molecule has 1 amide bonds. The summed E-state index contributed by atoms with van der Waals surface area (Å²) in [5, 5.41) is 2.79. The van der Waals surface area contributed by atoms with Crippen LogP contribution in [-0.2, 0) is 13.0 Å². The van der Waals surface area contributed by atoms with Crippen molar-refractivity contribution in [3.8, 4) is 28.0 Å². The van der Waals surface area contributed by atoms with Crippen LogP contribution in [0.5, 0.6) is 5.75 Å². The van der Waals surface area contributed by atoms with E-state index in [-0.39, 0.29) is 11.5 Å². The first kappa shape index (κ1) is 16.0. The van der Waals surface area contributed by atoms with Crippen LogP contribution in [0.2, 0.25) is 0 Å². The van der Waals surface area contributed by atoms with Gasteiger partial charge in [0.05, 0.1) is 6.61 Å². The van der Waals surface area contributed by atoms with E-state index in [0.29, 0.717) is 24.3 Å². The van der Waals surface area contributed by atoms with Crippen LogP contribution in [0, 0.1) is 11.6 Å². The first-order chi connectivity index (χ1) is 13.1. The third-order valence-corrected chi connectivity index (χ3v) is 5.15. The number of carbonyl (C=O) groups excluding carboxylic acids is 1. The van der Waals surface area contributed by atoms with Crippen molar-refractivity contribution in [2.24, 2.45) is 0 Å². The summed E-state index contributed by atoms with van der Waals surface area (Å²) in [5.74, 6) is -0.697. The average Bonchev–Trinajstić information content (AvgIpc) is 3.27. The molecule has 27 heavy (non-hydrogen) atoms. The number of nitrogens with one attached hydrogen (secondary N) is 1. The van der Waals surface area contributed by atoms with E-state index in [9.17, 15) is 13.6 Å². The Kier molecular flexibility index (Phi) is 3.50. The quantitative estimate of drug-likeness (QED) is 0.729. The molecule has 1 N–H and O–H groups in total. The van der Waals surface area contributed by atoms with E-state index in [0.717, 1.165) is 40.5 Å². The molecule has 0 aliphatic carbocycles. The number of hydrogen-bond donors (Lipinski definition) is 1. The second-order valence-electron chi connectivity index (χ2n) is 6.75. The minimum atomic E-state index is -0.664. The van der Waals surface area contributed by atoms with Gasteiger partial charge in [-0.15, -0.1) is 0 Å². The third-order valence-electron chi connectivity index (χ3n) is 5.15. The Balaban J connectivity index is 1.81. The molecule has 0 spiro atoms. The number of benzene rings is 3. The highest BCUT2D eigenvalue weighted by atomic mass is 19.1. The highest BCUT2D eigenvalue weighted by Gasteiger charge is 2.26. The normalized spacial score (nSPS) is 14.5. The molecule has 0 bridgehead atoms. The van der Waals surface area contributed by atoms with Crippen molar-refractivity contribution < 1.29 is 18.3 Å². The standard InChI is InChI=1S/C22H15F2NO2/c23-14-4-5-15(20(24)9-14)19-10-17-13(11-25-22(17)26)8-18(19)16-3-1-2-12-6-7-27-21(12)16/h1-5,8-10H,6-7,11H2,(H,25,26). The van der Waals surface area contributed by atoms with E-state index < -0.39 is 11.6 Å². The van der Waals surface area contributed by atoms with Gasteiger partial charge in [-0.05, 0) is 46.5 Å². The lowest BCUT2D eigenvalue weighted by Gasteiger charge is -2.16. The minimum Gasteiger partial charge on any atom is -0.492 e. The summed E-state index contributed by atoms with van der Waals surface area (Å²) in [7, 11) is 0. The lowest BCUT2D eigenvalue weighted by molar-refractivity contribution is 0.0966. The largest absolute Gasteiger partial charge is 0.492 e. The summed E-state index contributed by atoms with van der Waals surface area (Å²) in [6.45, 7) is 1.04. The molecule has 0 fully saturated rings. The van der Waals surface area contributed by atoms with Crippen LogP contribution in [0.15, 0.2) is 48.5 Å². The predicted molar refractivity (Wildman–Crippen MR) is 97.6 cm³/mol. The molecule has 3 aromatic rings. The molecule has 5 heteroatoms. The van der Waals surface area contributed by atoms with Crippen molar-refractivity contribution in [1.29, 1.82) is 0 Å². The molecule has 5 rings (SSSR count). The zero-order valence-corrected chi connectivity index (χ0v) is 14.3. The smallest absolute Gasteiger partial charge is 0.251 e. The van der Waals surface area contributed by atoms with E-state index in [1.165, 1.54) is 12.1 Å². The van der Waals surface area contributed by atoms with Gasteiger partial charge in [0, 0.05) is 35.7 Å². The maximum absolute atomic E-state index is 14.6. The van der Waals surface area contributed by atoms with Gasteiger partial charge < -0.3 is 10.1 Å². The monoisotopic (exact) mass is 363 g/mol. The summed E-state index contributed by atoms with van der Waals surface area (Å²) in [6.07, 6.45) is 0.828. The molecular weight excluding hydrogens is 348 g/mol. The maximum atomic E-state index is 14.6. The maximum Gasteiger partial charge on any atom is 0.251 e. The summed E-state index contributed by atoms with van der Waals surface area (Å²) < 4.78 is 33.8. The number of para-hydroxylation sites is 1. The van der Waals surface area contributed by atoms with E-state index >= 15 is 0 Å². The first-order valence-electron chi connectivity index (χ1n) is 8.77. The van der Waals surface area contributed by atoms with Crippen LogP contribution in [0.1, 0.15) is 21.5 Å². The number of amides is 1. The summed E-state index contributed by atoms with van der Waals surface area (Å²) in [4.78, 5) is 12.1. The van der Waals surface area contributed by atoms with Gasteiger partial charge in [-0.3, -0.25) is 4.79 Å². The van der Waals surface area contributed by atoms with Gasteiger partial charge in [-0.25, -0.2) is 8.78 Å². The van der Waals surface area contributed by atoms with Crippen molar-refractivity contribution in [3.05, 3.63) is 76.9 Å². The summed E-state index contributed by atoms with van der Waals surface area (Å²) in [5.41, 5.74) is 4.91. The lowest BCUT2D eigenvalue weighted by atomic mass is 9.89. The topological polar surface area (TPSA) is 38.3 Å². The molecule has 3 nitrogen and oxygen atoms in total. The van der Waals surface area contributed by atoms with Crippen LogP contribution < -0.4 is 10.1 Å². The van der Waals surface area contributed by atoms with Crippen LogP contribution in [-0.4, -0.2) is 12.5 Å². The van der Waals surface area contributed by atoms with Crippen molar-refractivity contribution in [2.45, 2.75) is 13.0 Å². The van der Waals surface area contributed by atoms with Crippen molar-refractivity contribution in [2.75, 3.05) is 6.61 Å². The number of ether oxygens (including phenoxy) is 1. The van der Waals surface area contributed by atoms with E-state index in [4.69, 9.17) is 4.74 Å². The summed E-state index contributed by atoms with van der Waals surface area (Å²) >= 11 is 0. The second-order valence-corrected chi connectivity index (χ2v) is 6.75. The zero-order valence-electron chi connectivity index (χ0n) is 14.3. The van der Waals surface area contributed by atoms with Crippen molar-refractivity contribution in [3.63, 3.8) is 0 Å². The van der Waals surface area contributed by atoms with Crippen LogP contribution in [0.25, 0.3) is 22.3 Å². The lowest BCUT2D eigenvalue weighted by Crippen LogP contribution is -2.12. The molecule has 0 unspecified atom stereocenters. The SMILES string of the molecule is O=C1NCc2cc(-c3cccc4c3OCC4)c(-c3ccc(F)cc3F)cc21. The molecule has 0 atom stereocenters. The molecule has 0 saturated heterocycles. The molecule has 0 saturated carbocycles. The van der Waals surface area contributed by atoms with Gasteiger partial charge in [0.25, 0.3) is 5.91 Å². The third kappa shape index (κ3) is 2.50. The highest BCUT2D eigenvalue weighted by Crippen LogP contribution is 2.43. The van der Waals surface area contributed by atoms with Gasteiger partial charge in [0.2, 0.25) is 0 Å². The molecule has 134 valence electrons. The molecule has 2 aliphatic rings. The number of carbonyl (C=O) groups is 1. The number of fused-ring (bicyclic) bond motifs is 2. The number of rotatable bonds is 2. The van der Waals surface area contributed by atoms with Gasteiger partial charge in [0.1, 0.15) is 17.4 Å². The summed E-state index contributed by atoms with van der Waals surface area (Å²) in [6, 6.07) is 13.0. The van der Waals surface area contributed by atoms with Gasteiger partial charge in [0.15, 0.2) is 0 Å². The molecule has 2 aliphatic heterocycles. The molecule has 0 aromatic heterocycles. The molecule has 3 aromatic carbocycles. The van der Waals surface area contributed by atoms with E-state index in [2.05, 4.69) is 5.32 Å². The second kappa shape index (κ2) is 5.91. The average molecular weight is 363 g/mol. The Morgan fingerprint density at radius 3 is 2.56 bits per heavy atom. The zero-order chi connectivity index (χ0) is 18.5. The predicted octanol–water partition coefficient (Wildman–Crippen LogP) is 4.48. The van der Waals surface area contributed by atoms with E-state index in [1.54, 1.807) is 6.07 Å². The Labute approximate surface area is 154 Å². The van der Waals surface area contributed by atoms with E-state index in [1.807, 2.05) is 24.3 Å². The highest BCUT2D eigenvalue weighted by molar-refractivity contribution is 6.02. The minimum absolute atomic E-state index is 0.185. The Hall–Kier alpha value is -3.21. The van der Waals surface area contributed by atoms with Gasteiger partial charge >= 0.3 is 0 Å². The van der Waals surface area contributed by atoms with Crippen LogP contribution >= 0.6 is 0 Å².